The van der Waals surface area contributed by atoms with Crippen LogP contribution in [-0.4, -0.2) is 0 Å². The third-order valence-corrected chi connectivity index (χ3v) is 1.00. The molecule has 0 aliphatic heterocycles. The Bertz CT molecular complexity index is 148. The minimum atomic E-state index is 2.00. The molecule has 1 aliphatic carbocycles. The summed E-state index contributed by atoms with van der Waals surface area (Å²) in [7, 11) is 0. The summed E-state index contributed by atoms with van der Waals surface area (Å²) in [6.07, 6.45) is 18.0. The van der Waals surface area contributed by atoms with Crippen LogP contribution in [0.15, 0.2) is 48.6 Å². The second-order valence-corrected chi connectivity index (χ2v) is 1.73. The molecule has 0 atom stereocenters. The van der Waals surface area contributed by atoms with Gasteiger partial charge in [0.2, 0.25) is 0 Å². The van der Waals surface area contributed by atoms with Gasteiger partial charge in [-0.2, -0.15) is 0 Å². The Labute approximate surface area is 55.9 Å². The SMILES string of the molecule is [CH]1\C=C/C=C/C=C\C=C\1. The third kappa shape index (κ3) is 2.70. The summed E-state index contributed by atoms with van der Waals surface area (Å²) in [6.45, 7) is 0. The zero-order valence-electron chi connectivity index (χ0n) is 5.20. The fraction of sp³-hybridized carbons (Fsp3) is 0. The van der Waals surface area contributed by atoms with E-state index in [1.807, 2.05) is 55.0 Å². The van der Waals surface area contributed by atoms with E-state index in [1.165, 1.54) is 0 Å². The van der Waals surface area contributed by atoms with Crippen LogP contribution in [0.25, 0.3) is 0 Å². The molecule has 0 saturated heterocycles. The molecule has 45 valence electrons. The average Bonchev–Trinajstić information content (AvgIpc) is 2.00. The van der Waals surface area contributed by atoms with E-state index in [2.05, 4.69) is 0 Å². The molecule has 0 amide bonds. The van der Waals surface area contributed by atoms with E-state index in [-0.39, 0.29) is 0 Å². The lowest BCUT2D eigenvalue weighted by molar-refractivity contribution is 1.74. The zero-order chi connectivity index (χ0) is 6.36. The molecular formula is C9H9. The molecule has 1 aliphatic rings. The quantitative estimate of drug-likeness (QED) is 0.457. The van der Waals surface area contributed by atoms with E-state index in [0.29, 0.717) is 0 Å². The van der Waals surface area contributed by atoms with E-state index < -0.39 is 0 Å². The van der Waals surface area contributed by atoms with Crippen LogP contribution in [-0.2, 0) is 0 Å². The van der Waals surface area contributed by atoms with Gasteiger partial charge in [-0.25, -0.2) is 0 Å². The minimum absolute atomic E-state index is 2.00. The first-order valence-electron chi connectivity index (χ1n) is 3.00. The van der Waals surface area contributed by atoms with Crippen LogP contribution >= 0.6 is 0 Å². The van der Waals surface area contributed by atoms with Gasteiger partial charge < -0.3 is 0 Å². The highest BCUT2D eigenvalue weighted by Crippen LogP contribution is 1.90. The summed E-state index contributed by atoms with van der Waals surface area (Å²) in [4.78, 5) is 0. The van der Waals surface area contributed by atoms with Gasteiger partial charge in [0.25, 0.3) is 0 Å². The Kier molecular flexibility index (Phi) is 2.64. The summed E-state index contributed by atoms with van der Waals surface area (Å²) in [6, 6.07) is 0. The monoisotopic (exact) mass is 117 g/mol. The van der Waals surface area contributed by atoms with Crippen LogP contribution in [0.5, 0.6) is 0 Å². The van der Waals surface area contributed by atoms with Gasteiger partial charge in [-0.1, -0.05) is 48.6 Å². The molecule has 0 heteroatoms. The van der Waals surface area contributed by atoms with Crippen molar-refractivity contribution < 1.29 is 0 Å². The molecule has 0 unspecified atom stereocenters. The second kappa shape index (κ2) is 3.90. The van der Waals surface area contributed by atoms with Gasteiger partial charge in [-0.15, -0.1) is 0 Å². The summed E-state index contributed by atoms with van der Waals surface area (Å²) >= 11 is 0. The van der Waals surface area contributed by atoms with Crippen LogP contribution in [0.3, 0.4) is 0 Å². The first kappa shape index (κ1) is 6.09. The van der Waals surface area contributed by atoms with Crippen molar-refractivity contribution in [2.45, 2.75) is 0 Å². The van der Waals surface area contributed by atoms with Crippen LogP contribution < -0.4 is 0 Å². The molecule has 1 radical (unpaired) electrons. The van der Waals surface area contributed by atoms with Crippen LogP contribution in [0, 0.1) is 6.42 Å². The highest BCUT2D eigenvalue weighted by Gasteiger charge is 1.70. The van der Waals surface area contributed by atoms with E-state index >= 15 is 0 Å². The first-order chi connectivity index (χ1) is 4.50. The highest BCUT2D eigenvalue weighted by atomic mass is 13.8. The van der Waals surface area contributed by atoms with Crippen LogP contribution in [0.1, 0.15) is 0 Å². The van der Waals surface area contributed by atoms with Crippen molar-refractivity contribution in [3.8, 4) is 0 Å². The van der Waals surface area contributed by atoms with E-state index in [9.17, 15) is 0 Å². The fourth-order valence-corrected chi connectivity index (χ4v) is 0.577. The predicted octanol–water partition coefficient (Wildman–Crippen LogP) is 2.43. The molecule has 0 aromatic rings. The number of rotatable bonds is 0. The molecule has 1 rings (SSSR count). The standard InChI is InChI=1S/C9H9/c1-2-4-6-8-9-7-5-3-1/h1-9H/b2-1-,5-3+,6-4+,9-7-. The maximum Gasteiger partial charge on any atom is 0.00506 e. The molecule has 0 aromatic carbocycles. The van der Waals surface area contributed by atoms with Crippen molar-refractivity contribution in [2.24, 2.45) is 0 Å². The van der Waals surface area contributed by atoms with Crippen LogP contribution in [0.2, 0.25) is 0 Å². The van der Waals surface area contributed by atoms with Gasteiger partial charge in [0.05, 0.1) is 0 Å². The molecule has 0 saturated carbocycles. The lowest BCUT2D eigenvalue weighted by Crippen LogP contribution is -1.55. The molecule has 0 nitrogen and oxygen atoms in total. The molecule has 0 fully saturated rings. The van der Waals surface area contributed by atoms with Crippen molar-refractivity contribution in [2.75, 3.05) is 0 Å². The average molecular weight is 117 g/mol. The maximum absolute atomic E-state index is 2.00. The van der Waals surface area contributed by atoms with Gasteiger partial charge in [0, 0.05) is 6.42 Å². The molecule has 0 bridgehead atoms. The van der Waals surface area contributed by atoms with E-state index in [4.69, 9.17) is 0 Å². The van der Waals surface area contributed by atoms with E-state index in [1.54, 1.807) is 0 Å². The van der Waals surface area contributed by atoms with Crippen molar-refractivity contribution >= 4 is 0 Å². The van der Waals surface area contributed by atoms with Crippen molar-refractivity contribution in [3.63, 3.8) is 0 Å². The number of allylic oxidation sites excluding steroid dienone is 8. The smallest absolute Gasteiger partial charge is 0.00506 e. The lowest BCUT2D eigenvalue weighted by Gasteiger charge is -1.73. The topological polar surface area (TPSA) is 0 Å². The van der Waals surface area contributed by atoms with Gasteiger partial charge in [0.1, 0.15) is 0 Å². The second-order valence-electron chi connectivity index (χ2n) is 1.73. The van der Waals surface area contributed by atoms with Crippen molar-refractivity contribution in [3.05, 3.63) is 55.0 Å². The molecular weight excluding hydrogens is 108 g/mol. The van der Waals surface area contributed by atoms with Crippen LogP contribution in [0.4, 0.5) is 0 Å². The summed E-state index contributed by atoms with van der Waals surface area (Å²) < 4.78 is 0. The summed E-state index contributed by atoms with van der Waals surface area (Å²) in [5, 5.41) is 0. The van der Waals surface area contributed by atoms with Gasteiger partial charge >= 0.3 is 0 Å². The van der Waals surface area contributed by atoms with Crippen molar-refractivity contribution in [1.82, 2.24) is 0 Å². The number of hydrogen-bond acceptors (Lipinski definition) is 0. The maximum atomic E-state index is 2.00. The van der Waals surface area contributed by atoms with E-state index in [0.717, 1.165) is 0 Å². The largest absolute Gasteiger partial charge is 0.0767 e. The molecule has 0 spiro atoms. The highest BCUT2D eigenvalue weighted by molar-refractivity contribution is 5.23. The minimum Gasteiger partial charge on any atom is -0.0767 e. The Morgan fingerprint density at radius 1 is 0.333 bits per heavy atom. The molecule has 0 heterocycles. The first-order valence-corrected chi connectivity index (χ1v) is 3.00. The van der Waals surface area contributed by atoms with Gasteiger partial charge in [0.15, 0.2) is 0 Å². The molecule has 0 aromatic heterocycles. The normalized spacial score (nSPS) is 31.1. The third-order valence-electron chi connectivity index (χ3n) is 1.00. The Morgan fingerprint density at radius 2 is 0.667 bits per heavy atom. The number of hydrogen-bond donors (Lipinski definition) is 0. The zero-order valence-corrected chi connectivity index (χ0v) is 5.20. The Balaban J connectivity index is 2.60. The Morgan fingerprint density at radius 3 is 1.11 bits per heavy atom. The molecule has 0 N–H and O–H groups in total. The fourth-order valence-electron chi connectivity index (χ4n) is 0.577. The lowest BCUT2D eigenvalue weighted by atomic mass is 10.3. The summed E-state index contributed by atoms with van der Waals surface area (Å²) in [5.41, 5.74) is 0. The Hall–Kier alpha value is -1.04. The molecule has 9 heavy (non-hydrogen) atoms. The van der Waals surface area contributed by atoms with Gasteiger partial charge in [-0.3, -0.25) is 0 Å². The van der Waals surface area contributed by atoms with Gasteiger partial charge in [-0.05, 0) is 0 Å². The predicted molar refractivity (Wildman–Crippen MR) is 40.9 cm³/mol. The summed E-state index contributed by atoms with van der Waals surface area (Å²) in [5.74, 6) is 0. The van der Waals surface area contributed by atoms with Crippen molar-refractivity contribution in [1.29, 1.82) is 0 Å².